The minimum Gasteiger partial charge on any atom is -0.496 e. The van der Waals surface area contributed by atoms with Crippen molar-refractivity contribution in [2.45, 2.75) is 6.42 Å². The number of rotatable bonds is 4. The van der Waals surface area contributed by atoms with Crippen LogP contribution in [0, 0.1) is 0 Å². The molecule has 0 unspecified atom stereocenters. The number of ether oxygens (including phenoxy) is 1. The van der Waals surface area contributed by atoms with Gasteiger partial charge < -0.3 is 14.5 Å². The van der Waals surface area contributed by atoms with Gasteiger partial charge in [0.15, 0.2) is 5.82 Å². The molecule has 4 rings (SSSR count). The molecule has 1 aromatic heterocycles. The number of carbonyl (C=O) groups excluding carboxylic acids is 1. The zero-order valence-corrected chi connectivity index (χ0v) is 16.0. The third kappa shape index (κ3) is 3.71. The number of H-pyrrole nitrogens is 1. The molecule has 1 saturated heterocycles. The standard InChI is InChI=1S/C22H24N4O2/c1-28-20-11-6-5-10-18(20)22(27)26-13-7-12-25(14-15-26)21-16-19(23-24-21)17-8-3-2-4-9-17/h2-6,8-11,16H,7,12-15H2,1H3,(H,23,24). The lowest BCUT2D eigenvalue weighted by Crippen LogP contribution is -2.35. The van der Waals surface area contributed by atoms with Crippen molar-refractivity contribution in [3.8, 4) is 17.0 Å². The van der Waals surface area contributed by atoms with E-state index < -0.39 is 0 Å². The maximum atomic E-state index is 13.0. The number of nitrogens with one attached hydrogen (secondary N) is 1. The van der Waals surface area contributed by atoms with E-state index in [1.165, 1.54) is 0 Å². The smallest absolute Gasteiger partial charge is 0.257 e. The first kappa shape index (κ1) is 18.1. The summed E-state index contributed by atoms with van der Waals surface area (Å²) in [6.45, 7) is 3.00. The van der Waals surface area contributed by atoms with Gasteiger partial charge in [0.05, 0.1) is 18.4 Å². The van der Waals surface area contributed by atoms with Gasteiger partial charge in [0.2, 0.25) is 0 Å². The second kappa shape index (κ2) is 8.17. The Morgan fingerprint density at radius 3 is 2.61 bits per heavy atom. The summed E-state index contributed by atoms with van der Waals surface area (Å²) in [5.74, 6) is 1.56. The van der Waals surface area contributed by atoms with E-state index in [0.717, 1.165) is 43.1 Å². The predicted molar refractivity (Wildman–Crippen MR) is 110 cm³/mol. The van der Waals surface area contributed by atoms with E-state index in [1.807, 2.05) is 47.4 Å². The Kier molecular flexibility index (Phi) is 5.28. The summed E-state index contributed by atoms with van der Waals surface area (Å²) < 4.78 is 5.35. The topological polar surface area (TPSA) is 61.5 Å². The van der Waals surface area contributed by atoms with E-state index >= 15 is 0 Å². The molecule has 1 N–H and O–H groups in total. The molecule has 1 fully saturated rings. The molecule has 2 aromatic carbocycles. The average Bonchev–Trinajstić information content (AvgIpc) is 3.12. The summed E-state index contributed by atoms with van der Waals surface area (Å²) in [5.41, 5.74) is 2.73. The summed E-state index contributed by atoms with van der Waals surface area (Å²) >= 11 is 0. The SMILES string of the molecule is COc1ccccc1C(=O)N1CCCN(c2cc(-c3ccccc3)[nH]n2)CC1. The molecule has 0 spiro atoms. The average molecular weight is 376 g/mol. The number of methoxy groups -OCH3 is 1. The van der Waals surface area contributed by atoms with Crippen LogP contribution in [-0.4, -0.2) is 54.3 Å². The Morgan fingerprint density at radius 2 is 1.79 bits per heavy atom. The third-order valence-electron chi connectivity index (χ3n) is 5.09. The summed E-state index contributed by atoms with van der Waals surface area (Å²) in [6.07, 6.45) is 0.897. The van der Waals surface area contributed by atoms with Crippen LogP contribution in [0.4, 0.5) is 5.82 Å². The van der Waals surface area contributed by atoms with Crippen LogP contribution in [0.5, 0.6) is 5.75 Å². The van der Waals surface area contributed by atoms with E-state index in [1.54, 1.807) is 7.11 Å². The van der Waals surface area contributed by atoms with Crippen LogP contribution in [0.3, 0.4) is 0 Å². The largest absolute Gasteiger partial charge is 0.496 e. The van der Waals surface area contributed by atoms with Crippen molar-refractivity contribution in [1.82, 2.24) is 15.1 Å². The lowest BCUT2D eigenvalue weighted by Gasteiger charge is -2.22. The molecule has 0 bridgehead atoms. The van der Waals surface area contributed by atoms with Crippen molar-refractivity contribution in [3.63, 3.8) is 0 Å². The van der Waals surface area contributed by atoms with Crippen LogP contribution >= 0.6 is 0 Å². The lowest BCUT2D eigenvalue weighted by molar-refractivity contribution is 0.0763. The number of benzene rings is 2. The molecule has 1 aliphatic rings. The van der Waals surface area contributed by atoms with E-state index in [-0.39, 0.29) is 5.91 Å². The third-order valence-corrected chi connectivity index (χ3v) is 5.09. The molecule has 0 radical (unpaired) electrons. The zero-order valence-electron chi connectivity index (χ0n) is 16.0. The highest BCUT2D eigenvalue weighted by atomic mass is 16.5. The van der Waals surface area contributed by atoms with Crippen molar-refractivity contribution < 1.29 is 9.53 Å². The Hall–Kier alpha value is -3.28. The Labute approximate surface area is 164 Å². The molecular formula is C22H24N4O2. The molecule has 3 aromatic rings. The van der Waals surface area contributed by atoms with Gasteiger partial charge in [0.1, 0.15) is 5.75 Å². The monoisotopic (exact) mass is 376 g/mol. The van der Waals surface area contributed by atoms with Gasteiger partial charge in [-0.1, -0.05) is 42.5 Å². The molecular weight excluding hydrogens is 352 g/mol. The summed E-state index contributed by atoms with van der Waals surface area (Å²) in [7, 11) is 1.60. The van der Waals surface area contributed by atoms with Crippen molar-refractivity contribution in [1.29, 1.82) is 0 Å². The van der Waals surface area contributed by atoms with E-state index in [2.05, 4.69) is 33.3 Å². The number of aromatic nitrogens is 2. The predicted octanol–water partition coefficient (Wildman–Crippen LogP) is 3.44. The van der Waals surface area contributed by atoms with Gasteiger partial charge in [0.25, 0.3) is 5.91 Å². The minimum absolute atomic E-state index is 0.0197. The van der Waals surface area contributed by atoms with Gasteiger partial charge in [0, 0.05) is 32.2 Å². The molecule has 2 heterocycles. The van der Waals surface area contributed by atoms with Crippen molar-refractivity contribution in [2.75, 3.05) is 38.2 Å². The molecule has 28 heavy (non-hydrogen) atoms. The number of para-hydroxylation sites is 1. The maximum absolute atomic E-state index is 13.0. The van der Waals surface area contributed by atoms with E-state index in [0.29, 0.717) is 17.9 Å². The quantitative estimate of drug-likeness (QED) is 0.758. The van der Waals surface area contributed by atoms with Gasteiger partial charge >= 0.3 is 0 Å². The van der Waals surface area contributed by atoms with Gasteiger partial charge in [-0.3, -0.25) is 9.89 Å². The normalized spacial score (nSPS) is 14.6. The van der Waals surface area contributed by atoms with Crippen molar-refractivity contribution >= 4 is 11.7 Å². The van der Waals surface area contributed by atoms with Crippen LogP contribution in [0.2, 0.25) is 0 Å². The van der Waals surface area contributed by atoms with Crippen LogP contribution < -0.4 is 9.64 Å². The number of amides is 1. The molecule has 144 valence electrons. The first-order valence-electron chi connectivity index (χ1n) is 9.54. The number of carbonyl (C=O) groups is 1. The molecule has 0 atom stereocenters. The highest BCUT2D eigenvalue weighted by molar-refractivity contribution is 5.97. The Balaban J connectivity index is 1.46. The van der Waals surface area contributed by atoms with Crippen molar-refractivity contribution in [2.24, 2.45) is 0 Å². The lowest BCUT2D eigenvalue weighted by atomic mass is 10.1. The molecule has 1 aliphatic heterocycles. The Morgan fingerprint density at radius 1 is 1.00 bits per heavy atom. The van der Waals surface area contributed by atoms with Crippen LogP contribution in [0.25, 0.3) is 11.3 Å². The molecule has 0 aliphatic carbocycles. The zero-order chi connectivity index (χ0) is 19.3. The highest BCUT2D eigenvalue weighted by Crippen LogP contribution is 2.24. The number of hydrogen-bond donors (Lipinski definition) is 1. The number of anilines is 1. The fourth-order valence-corrected chi connectivity index (χ4v) is 3.58. The number of nitrogens with zero attached hydrogens (tertiary/aromatic N) is 3. The first-order chi connectivity index (χ1) is 13.8. The van der Waals surface area contributed by atoms with Gasteiger partial charge in [-0.2, -0.15) is 5.10 Å². The van der Waals surface area contributed by atoms with Crippen LogP contribution in [0.1, 0.15) is 16.8 Å². The van der Waals surface area contributed by atoms with Gasteiger partial charge in [-0.25, -0.2) is 0 Å². The summed E-state index contributed by atoms with van der Waals surface area (Å²) in [6, 6.07) is 19.6. The summed E-state index contributed by atoms with van der Waals surface area (Å²) in [4.78, 5) is 17.1. The molecule has 0 saturated carbocycles. The summed E-state index contributed by atoms with van der Waals surface area (Å²) in [5, 5.41) is 7.62. The van der Waals surface area contributed by atoms with Crippen LogP contribution in [0.15, 0.2) is 60.7 Å². The molecule has 1 amide bonds. The van der Waals surface area contributed by atoms with E-state index in [4.69, 9.17) is 4.74 Å². The number of hydrogen-bond acceptors (Lipinski definition) is 4. The maximum Gasteiger partial charge on any atom is 0.257 e. The van der Waals surface area contributed by atoms with Gasteiger partial charge in [-0.05, 0) is 24.1 Å². The fraction of sp³-hybridized carbons (Fsp3) is 0.273. The molecule has 6 nitrogen and oxygen atoms in total. The molecule has 6 heteroatoms. The van der Waals surface area contributed by atoms with Gasteiger partial charge in [-0.15, -0.1) is 0 Å². The fourth-order valence-electron chi connectivity index (χ4n) is 3.58. The number of aromatic amines is 1. The minimum atomic E-state index is 0.0197. The highest BCUT2D eigenvalue weighted by Gasteiger charge is 2.23. The second-order valence-corrected chi connectivity index (χ2v) is 6.84. The van der Waals surface area contributed by atoms with Crippen LogP contribution in [-0.2, 0) is 0 Å². The Bertz CT molecular complexity index is 938. The van der Waals surface area contributed by atoms with E-state index in [9.17, 15) is 4.79 Å². The van der Waals surface area contributed by atoms with Crippen molar-refractivity contribution in [3.05, 3.63) is 66.2 Å². The first-order valence-corrected chi connectivity index (χ1v) is 9.54. The second-order valence-electron chi connectivity index (χ2n) is 6.84.